The number of rotatable bonds is 7. The van der Waals surface area contributed by atoms with Gasteiger partial charge < -0.3 is 4.74 Å². The standard InChI is InChI=1S/C19H20N4O2/c1-14(2)18-16(19(22-24)23-13-20-12-21-23)9-6-10-17(18)25-11-15-7-4-3-5-8-15/h3-10,12-14,19H,11H2,1-2H3. The molecule has 1 heterocycles. The first-order valence-electron chi connectivity index (χ1n) is 8.16. The Labute approximate surface area is 146 Å². The second-order valence-corrected chi connectivity index (χ2v) is 6.04. The Morgan fingerprint density at radius 1 is 1.12 bits per heavy atom. The van der Waals surface area contributed by atoms with Crippen LogP contribution < -0.4 is 4.74 Å². The van der Waals surface area contributed by atoms with Gasteiger partial charge in [0, 0.05) is 11.1 Å². The Kier molecular flexibility index (Phi) is 5.18. The molecule has 0 saturated carbocycles. The highest BCUT2D eigenvalue weighted by molar-refractivity contribution is 5.44. The lowest BCUT2D eigenvalue weighted by molar-refractivity contribution is 0.300. The van der Waals surface area contributed by atoms with Crippen molar-refractivity contribution in [3.8, 4) is 5.75 Å². The number of nitrogens with zero attached hydrogens (tertiary/aromatic N) is 4. The highest BCUT2D eigenvalue weighted by atomic mass is 16.5. The van der Waals surface area contributed by atoms with E-state index in [9.17, 15) is 4.91 Å². The van der Waals surface area contributed by atoms with E-state index in [1.807, 2.05) is 48.5 Å². The van der Waals surface area contributed by atoms with Crippen LogP contribution in [0.4, 0.5) is 0 Å². The lowest BCUT2D eigenvalue weighted by Crippen LogP contribution is -2.13. The molecule has 0 amide bonds. The molecule has 1 unspecified atom stereocenters. The molecule has 0 aliphatic rings. The van der Waals surface area contributed by atoms with Gasteiger partial charge in [0.1, 0.15) is 25.0 Å². The molecule has 0 saturated heterocycles. The van der Waals surface area contributed by atoms with Gasteiger partial charge in [0.15, 0.2) is 0 Å². The predicted octanol–water partition coefficient (Wildman–Crippen LogP) is 4.29. The molecule has 1 atom stereocenters. The lowest BCUT2D eigenvalue weighted by Gasteiger charge is -2.20. The van der Waals surface area contributed by atoms with Gasteiger partial charge in [-0.1, -0.05) is 56.3 Å². The molecule has 6 heteroatoms. The summed E-state index contributed by atoms with van der Waals surface area (Å²) in [7, 11) is 0. The van der Waals surface area contributed by atoms with Gasteiger partial charge in [0.2, 0.25) is 6.17 Å². The Bertz CT molecular complexity index is 817. The van der Waals surface area contributed by atoms with E-state index in [-0.39, 0.29) is 5.92 Å². The fourth-order valence-corrected chi connectivity index (χ4v) is 2.86. The van der Waals surface area contributed by atoms with E-state index in [0.29, 0.717) is 6.61 Å². The molecule has 0 radical (unpaired) electrons. The summed E-state index contributed by atoms with van der Waals surface area (Å²) in [5.41, 5.74) is 2.82. The highest BCUT2D eigenvalue weighted by Crippen LogP contribution is 2.35. The summed E-state index contributed by atoms with van der Waals surface area (Å²) < 4.78 is 7.50. The van der Waals surface area contributed by atoms with Crippen molar-refractivity contribution in [2.75, 3.05) is 0 Å². The van der Waals surface area contributed by atoms with E-state index in [1.54, 1.807) is 0 Å². The molecule has 0 fully saturated rings. The van der Waals surface area contributed by atoms with Crippen LogP contribution in [-0.4, -0.2) is 14.8 Å². The molecule has 6 nitrogen and oxygen atoms in total. The second kappa shape index (κ2) is 7.70. The van der Waals surface area contributed by atoms with Crippen molar-refractivity contribution < 1.29 is 4.74 Å². The average molecular weight is 336 g/mol. The first-order chi connectivity index (χ1) is 12.2. The third-order valence-corrected chi connectivity index (χ3v) is 3.98. The third kappa shape index (κ3) is 3.74. The van der Waals surface area contributed by atoms with Crippen LogP contribution in [0.25, 0.3) is 0 Å². The second-order valence-electron chi connectivity index (χ2n) is 6.04. The van der Waals surface area contributed by atoms with E-state index < -0.39 is 6.17 Å². The number of ether oxygens (including phenoxy) is 1. The maximum Gasteiger partial charge on any atom is 0.210 e. The van der Waals surface area contributed by atoms with E-state index in [0.717, 1.165) is 22.4 Å². The zero-order chi connectivity index (χ0) is 17.6. The Morgan fingerprint density at radius 2 is 1.92 bits per heavy atom. The quantitative estimate of drug-likeness (QED) is 0.603. The molecule has 25 heavy (non-hydrogen) atoms. The van der Waals surface area contributed by atoms with Gasteiger partial charge in [-0.25, -0.2) is 9.67 Å². The maximum absolute atomic E-state index is 11.5. The Morgan fingerprint density at radius 3 is 2.56 bits per heavy atom. The molecule has 3 rings (SSSR count). The number of nitroso groups, excluding NO2 is 1. The first kappa shape index (κ1) is 16.8. The van der Waals surface area contributed by atoms with Crippen LogP contribution in [0.1, 0.15) is 42.6 Å². The van der Waals surface area contributed by atoms with Gasteiger partial charge in [-0.05, 0) is 22.7 Å². The van der Waals surface area contributed by atoms with Crippen molar-refractivity contribution in [2.24, 2.45) is 5.18 Å². The summed E-state index contributed by atoms with van der Waals surface area (Å²) in [6.07, 6.45) is 2.12. The van der Waals surface area contributed by atoms with Crippen molar-refractivity contribution in [2.45, 2.75) is 32.5 Å². The van der Waals surface area contributed by atoms with Crippen molar-refractivity contribution in [1.29, 1.82) is 0 Å². The van der Waals surface area contributed by atoms with Crippen molar-refractivity contribution in [1.82, 2.24) is 14.8 Å². The molecule has 0 aliphatic carbocycles. The molecule has 2 aromatic carbocycles. The maximum atomic E-state index is 11.5. The molecule has 1 aromatic heterocycles. The molecule has 0 aliphatic heterocycles. The molecule has 3 aromatic rings. The smallest absolute Gasteiger partial charge is 0.210 e. The first-order valence-corrected chi connectivity index (χ1v) is 8.16. The number of aromatic nitrogens is 3. The zero-order valence-electron chi connectivity index (χ0n) is 14.2. The number of hydrogen-bond acceptors (Lipinski definition) is 5. The van der Waals surface area contributed by atoms with Gasteiger partial charge in [-0.3, -0.25) is 0 Å². The molecule has 0 N–H and O–H groups in total. The minimum Gasteiger partial charge on any atom is -0.489 e. The van der Waals surface area contributed by atoms with E-state index in [4.69, 9.17) is 4.74 Å². The third-order valence-electron chi connectivity index (χ3n) is 3.98. The van der Waals surface area contributed by atoms with Gasteiger partial charge in [-0.15, -0.1) is 4.91 Å². The minimum atomic E-state index is -0.764. The minimum absolute atomic E-state index is 0.162. The topological polar surface area (TPSA) is 69.4 Å². The van der Waals surface area contributed by atoms with Gasteiger partial charge in [-0.2, -0.15) is 5.10 Å². The summed E-state index contributed by atoms with van der Waals surface area (Å²) >= 11 is 0. The highest BCUT2D eigenvalue weighted by Gasteiger charge is 2.23. The molecular formula is C19H20N4O2. The number of benzene rings is 2. The molecule has 128 valence electrons. The largest absolute Gasteiger partial charge is 0.489 e. The average Bonchev–Trinajstić information content (AvgIpc) is 3.15. The SMILES string of the molecule is CC(C)c1c(OCc2ccccc2)cccc1C(N=O)n1cncn1. The molecule has 0 spiro atoms. The van der Waals surface area contributed by atoms with Crippen LogP contribution in [0.5, 0.6) is 5.75 Å². The van der Waals surface area contributed by atoms with Gasteiger partial charge >= 0.3 is 0 Å². The fraction of sp³-hybridized carbons (Fsp3) is 0.263. The van der Waals surface area contributed by atoms with Crippen LogP contribution in [0, 0.1) is 4.91 Å². The normalized spacial score (nSPS) is 12.1. The van der Waals surface area contributed by atoms with E-state index in [2.05, 4.69) is 29.1 Å². The fourth-order valence-electron chi connectivity index (χ4n) is 2.86. The monoisotopic (exact) mass is 336 g/mol. The van der Waals surface area contributed by atoms with E-state index >= 15 is 0 Å². The predicted molar refractivity (Wildman–Crippen MR) is 95.3 cm³/mol. The van der Waals surface area contributed by atoms with Crippen LogP contribution in [0.3, 0.4) is 0 Å². The van der Waals surface area contributed by atoms with Crippen LogP contribution >= 0.6 is 0 Å². The Balaban J connectivity index is 1.95. The Hall–Kier alpha value is -3.02. The summed E-state index contributed by atoms with van der Waals surface area (Å²) in [5, 5.41) is 7.32. The summed E-state index contributed by atoms with van der Waals surface area (Å²) in [6.45, 7) is 4.60. The van der Waals surface area contributed by atoms with Gasteiger partial charge in [0.05, 0.1) is 0 Å². The van der Waals surface area contributed by atoms with E-state index in [1.165, 1.54) is 17.3 Å². The lowest BCUT2D eigenvalue weighted by atomic mass is 9.94. The molecule has 0 bridgehead atoms. The number of hydrogen-bond donors (Lipinski definition) is 0. The van der Waals surface area contributed by atoms with Gasteiger partial charge in [0.25, 0.3) is 0 Å². The van der Waals surface area contributed by atoms with Crippen molar-refractivity contribution >= 4 is 0 Å². The van der Waals surface area contributed by atoms with Crippen LogP contribution in [-0.2, 0) is 6.61 Å². The summed E-state index contributed by atoms with van der Waals surface area (Å²) in [4.78, 5) is 15.4. The van der Waals surface area contributed by atoms with Crippen molar-refractivity contribution in [3.05, 3.63) is 82.8 Å². The summed E-state index contributed by atoms with van der Waals surface area (Å²) in [5.74, 6) is 0.917. The zero-order valence-corrected chi connectivity index (χ0v) is 14.2. The van der Waals surface area contributed by atoms with Crippen LogP contribution in [0.15, 0.2) is 66.4 Å². The van der Waals surface area contributed by atoms with Crippen LogP contribution in [0.2, 0.25) is 0 Å². The summed E-state index contributed by atoms with van der Waals surface area (Å²) in [6, 6.07) is 15.7. The van der Waals surface area contributed by atoms with Crippen molar-refractivity contribution in [3.63, 3.8) is 0 Å². The molecular weight excluding hydrogens is 316 g/mol.